The highest BCUT2D eigenvalue weighted by atomic mass is 16.5. The van der Waals surface area contributed by atoms with E-state index in [4.69, 9.17) is 4.74 Å². The van der Waals surface area contributed by atoms with Crippen LogP contribution in [0.3, 0.4) is 0 Å². The zero-order chi connectivity index (χ0) is 38.4. The molecule has 274 valence electrons. The van der Waals surface area contributed by atoms with E-state index >= 15 is 0 Å². The number of rotatable bonds is 7. The van der Waals surface area contributed by atoms with E-state index in [0.29, 0.717) is 0 Å². The molecule has 0 spiro atoms. The van der Waals surface area contributed by atoms with E-state index in [-0.39, 0.29) is 0 Å². The molecule has 0 bridgehead atoms. The Balaban J connectivity index is 1.06. The van der Waals surface area contributed by atoms with Crippen molar-refractivity contribution in [3.63, 3.8) is 0 Å². The van der Waals surface area contributed by atoms with Crippen molar-refractivity contribution in [3.8, 4) is 39.4 Å². The molecule has 0 radical (unpaired) electrons. The zero-order valence-corrected chi connectivity index (χ0v) is 31.6. The third kappa shape index (κ3) is 5.70. The molecule has 0 saturated carbocycles. The van der Waals surface area contributed by atoms with E-state index in [9.17, 15) is 0 Å². The van der Waals surface area contributed by atoms with Crippen molar-refractivity contribution in [2.24, 2.45) is 0 Å². The Hall–Kier alpha value is -7.82. The Morgan fingerprint density at radius 3 is 1.40 bits per heavy atom. The molecule has 58 heavy (non-hydrogen) atoms. The van der Waals surface area contributed by atoms with E-state index in [1.54, 1.807) is 0 Å². The molecule has 4 nitrogen and oxygen atoms in total. The predicted molar refractivity (Wildman–Crippen MR) is 241 cm³/mol. The number of hydrogen-bond donors (Lipinski definition) is 0. The number of anilines is 6. The highest BCUT2D eigenvalue weighted by Gasteiger charge is 2.26. The fourth-order valence-corrected chi connectivity index (χ4v) is 8.49. The fraction of sp³-hybridized carbons (Fsp3) is 0. The third-order valence-electron chi connectivity index (χ3n) is 11.2. The quantitative estimate of drug-likeness (QED) is 0.162. The van der Waals surface area contributed by atoms with Crippen LogP contribution in [0.15, 0.2) is 224 Å². The van der Waals surface area contributed by atoms with E-state index in [1.807, 2.05) is 24.3 Å². The SMILES string of the molecule is c1ccc(-c2ccc(N(c3ccc(-c4ccccc4)cc3)c3cccc4c3c3ccccc3n4-c3ccc(N4c5ccccc5Oc5ccccc54)cc3)cc2)cc1. The van der Waals surface area contributed by atoms with Gasteiger partial charge in [-0.05, 0) is 113 Å². The molecule has 1 aliphatic heterocycles. The average Bonchev–Trinajstić information content (AvgIpc) is 3.64. The first-order valence-electron chi connectivity index (χ1n) is 19.7. The number of nitrogens with zero attached hydrogens (tertiary/aromatic N) is 3. The molecule has 0 fully saturated rings. The van der Waals surface area contributed by atoms with Gasteiger partial charge in [-0.3, -0.25) is 0 Å². The molecule has 2 heterocycles. The molecule has 4 heteroatoms. The Kier molecular flexibility index (Phi) is 8.11. The summed E-state index contributed by atoms with van der Waals surface area (Å²) in [4.78, 5) is 4.69. The molecule has 0 saturated heterocycles. The summed E-state index contributed by atoms with van der Waals surface area (Å²) in [6.45, 7) is 0. The second-order valence-corrected chi connectivity index (χ2v) is 14.6. The number of para-hydroxylation sites is 5. The summed E-state index contributed by atoms with van der Waals surface area (Å²) in [7, 11) is 0. The molecule has 0 aliphatic carbocycles. The Morgan fingerprint density at radius 2 is 0.810 bits per heavy atom. The summed E-state index contributed by atoms with van der Waals surface area (Å²) in [5, 5.41) is 2.39. The van der Waals surface area contributed by atoms with Crippen LogP contribution in [0.4, 0.5) is 34.1 Å². The number of hydrogen-bond acceptors (Lipinski definition) is 3. The van der Waals surface area contributed by atoms with Crippen LogP contribution in [0.1, 0.15) is 0 Å². The first-order valence-corrected chi connectivity index (χ1v) is 19.7. The molecule has 0 N–H and O–H groups in total. The molecule has 0 atom stereocenters. The maximum absolute atomic E-state index is 6.30. The van der Waals surface area contributed by atoms with Crippen LogP contribution < -0.4 is 14.5 Å². The lowest BCUT2D eigenvalue weighted by atomic mass is 10.0. The summed E-state index contributed by atoms with van der Waals surface area (Å²) in [5.41, 5.74) is 14.6. The molecule has 10 aromatic rings. The summed E-state index contributed by atoms with van der Waals surface area (Å²) >= 11 is 0. The molecule has 9 aromatic carbocycles. The van der Waals surface area contributed by atoms with Crippen molar-refractivity contribution in [1.82, 2.24) is 4.57 Å². The van der Waals surface area contributed by atoms with Gasteiger partial charge >= 0.3 is 0 Å². The van der Waals surface area contributed by atoms with Crippen molar-refractivity contribution in [3.05, 3.63) is 224 Å². The van der Waals surface area contributed by atoms with Crippen molar-refractivity contribution < 1.29 is 4.74 Å². The van der Waals surface area contributed by atoms with Crippen molar-refractivity contribution in [1.29, 1.82) is 0 Å². The predicted octanol–water partition coefficient (Wildman–Crippen LogP) is 15.2. The summed E-state index contributed by atoms with van der Waals surface area (Å²) in [6.07, 6.45) is 0. The van der Waals surface area contributed by atoms with Crippen LogP contribution in [0, 0.1) is 0 Å². The van der Waals surface area contributed by atoms with Gasteiger partial charge in [0.15, 0.2) is 11.5 Å². The van der Waals surface area contributed by atoms with Crippen LogP contribution >= 0.6 is 0 Å². The lowest BCUT2D eigenvalue weighted by Gasteiger charge is -2.32. The third-order valence-corrected chi connectivity index (χ3v) is 11.2. The van der Waals surface area contributed by atoms with Gasteiger partial charge in [0.05, 0.1) is 28.1 Å². The van der Waals surface area contributed by atoms with E-state index < -0.39 is 0 Å². The summed E-state index contributed by atoms with van der Waals surface area (Å²) in [5.74, 6) is 1.68. The molecule has 1 aliphatic rings. The molecule has 11 rings (SSSR count). The minimum Gasteiger partial charge on any atom is -0.453 e. The Labute approximate surface area is 337 Å². The summed E-state index contributed by atoms with van der Waals surface area (Å²) in [6, 6.07) is 79.8. The smallest absolute Gasteiger partial charge is 0.151 e. The molecular formula is C54H37N3O. The van der Waals surface area contributed by atoms with Crippen LogP contribution in [-0.2, 0) is 0 Å². The monoisotopic (exact) mass is 743 g/mol. The number of fused-ring (bicyclic) bond motifs is 5. The number of ether oxygens (including phenoxy) is 1. The number of benzene rings is 9. The Bertz CT molecular complexity index is 2930. The molecule has 0 amide bonds. The van der Waals surface area contributed by atoms with Gasteiger partial charge in [0.2, 0.25) is 0 Å². The van der Waals surface area contributed by atoms with Crippen LogP contribution in [0.25, 0.3) is 49.7 Å². The van der Waals surface area contributed by atoms with Gasteiger partial charge in [-0.1, -0.05) is 133 Å². The van der Waals surface area contributed by atoms with Gasteiger partial charge in [-0.15, -0.1) is 0 Å². The van der Waals surface area contributed by atoms with E-state index in [2.05, 4.69) is 215 Å². The Morgan fingerprint density at radius 1 is 0.345 bits per heavy atom. The van der Waals surface area contributed by atoms with Gasteiger partial charge in [0.1, 0.15) is 0 Å². The molecular weight excluding hydrogens is 707 g/mol. The van der Waals surface area contributed by atoms with Gasteiger partial charge in [-0.2, -0.15) is 0 Å². The first-order chi connectivity index (χ1) is 28.8. The summed E-state index contributed by atoms with van der Waals surface area (Å²) < 4.78 is 8.70. The minimum absolute atomic E-state index is 0.842. The highest BCUT2D eigenvalue weighted by molar-refractivity contribution is 6.16. The molecule has 0 unspecified atom stereocenters. The largest absolute Gasteiger partial charge is 0.453 e. The lowest BCUT2D eigenvalue weighted by Crippen LogP contribution is -2.15. The first kappa shape index (κ1) is 33.5. The minimum atomic E-state index is 0.842. The van der Waals surface area contributed by atoms with Gasteiger partial charge in [0.25, 0.3) is 0 Å². The van der Waals surface area contributed by atoms with Crippen molar-refractivity contribution in [2.45, 2.75) is 0 Å². The van der Waals surface area contributed by atoms with E-state index in [1.165, 1.54) is 33.0 Å². The maximum atomic E-state index is 6.30. The highest BCUT2D eigenvalue weighted by Crippen LogP contribution is 2.50. The average molecular weight is 744 g/mol. The van der Waals surface area contributed by atoms with Crippen LogP contribution in [0.2, 0.25) is 0 Å². The lowest BCUT2D eigenvalue weighted by molar-refractivity contribution is 0.477. The normalized spacial score (nSPS) is 11.9. The standard InChI is InChI=1S/C54H37N3O/c1-3-14-38(15-4-1)40-26-30-42(31-27-40)55(43-32-28-41(29-33-43)39-16-5-2-6-17-39)50-22-13-23-51-54(50)46-18-7-8-19-47(46)56(51)44-34-36-45(37-35-44)57-48-20-9-11-24-52(48)58-53-25-12-10-21-49(53)57/h1-37H. The topological polar surface area (TPSA) is 20.6 Å². The van der Waals surface area contributed by atoms with E-state index in [0.717, 1.165) is 62.3 Å². The second kappa shape index (κ2) is 14.0. The fourth-order valence-electron chi connectivity index (χ4n) is 8.49. The van der Waals surface area contributed by atoms with Gasteiger partial charge in [0, 0.05) is 33.5 Å². The molecule has 1 aromatic heterocycles. The van der Waals surface area contributed by atoms with Gasteiger partial charge < -0.3 is 19.1 Å². The van der Waals surface area contributed by atoms with Crippen LogP contribution in [0.5, 0.6) is 11.5 Å². The van der Waals surface area contributed by atoms with Crippen LogP contribution in [-0.4, -0.2) is 4.57 Å². The van der Waals surface area contributed by atoms with Crippen molar-refractivity contribution in [2.75, 3.05) is 9.80 Å². The zero-order valence-electron chi connectivity index (χ0n) is 31.6. The van der Waals surface area contributed by atoms with Crippen molar-refractivity contribution >= 4 is 55.9 Å². The van der Waals surface area contributed by atoms with Gasteiger partial charge in [-0.25, -0.2) is 0 Å². The maximum Gasteiger partial charge on any atom is 0.151 e. The second-order valence-electron chi connectivity index (χ2n) is 14.6. The number of aromatic nitrogens is 1.